The molecule has 0 aliphatic carbocycles. The zero-order valence-corrected chi connectivity index (χ0v) is 15.0. The Bertz CT molecular complexity index is 1030. The number of hydrogen-bond donors (Lipinski definition) is 1. The number of carbonyl (C=O) groups excluding carboxylic acids is 1. The molecule has 0 spiro atoms. The highest BCUT2D eigenvalue weighted by Gasteiger charge is 2.14. The number of likely N-dealkylation sites (N-methyl/N-ethyl adjacent to an activating group) is 1. The van der Waals surface area contributed by atoms with E-state index >= 15 is 0 Å². The lowest BCUT2D eigenvalue weighted by Crippen LogP contribution is -2.19. The van der Waals surface area contributed by atoms with Gasteiger partial charge in [0, 0.05) is 24.4 Å². The van der Waals surface area contributed by atoms with Crippen LogP contribution in [-0.4, -0.2) is 29.8 Å². The minimum absolute atomic E-state index is 0.00857. The molecule has 6 nitrogen and oxygen atoms in total. The van der Waals surface area contributed by atoms with Crippen molar-refractivity contribution >= 4 is 12.0 Å². The molecule has 27 heavy (non-hydrogen) atoms. The van der Waals surface area contributed by atoms with Gasteiger partial charge in [0.1, 0.15) is 23.1 Å². The molecule has 0 bridgehead atoms. The lowest BCUT2D eigenvalue weighted by molar-refractivity contribution is -0.116. The molecule has 2 aromatic carbocycles. The molecule has 0 saturated carbocycles. The second kappa shape index (κ2) is 8.02. The second-order valence-corrected chi connectivity index (χ2v) is 5.69. The lowest BCUT2D eigenvalue weighted by atomic mass is 10.1. The summed E-state index contributed by atoms with van der Waals surface area (Å²) in [6.45, 7) is 0. The standard InChI is InChI=1S/C21H18N4O2/c1-23-21(26)16(13-22)11-17-14-25(18-8-4-3-5-9-18)24-20(17)15-7-6-10-19(12-15)27-2/h3-12,14H,1-2H3,(H,23,26). The Labute approximate surface area is 157 Å². The fourth-order valence-electron chi connectivity index (χ4n) is 2.64. The van der Waals surface area contributed by atoms with E-state index in [1.807, 2.05) is 60.7 Å². The van der Waals surface area contributed by atoms with Crippen LogP contribution in [-0.2, 0) is 4.79 Å². The van der Waals surface area contributed by atoms with E-state index in [-0.39, 0.29) is 5.57 Å². The maximum atomic E-state index is 11.9. The maximum absolute atomic E-state index is 11.9. The molecule has 1 N–H and O–H groups in total. The van der Waals surface area contributed by atoms with Crippen LogP contribution in [0.5, 0.6) is 5.75 Å². The largest absolute Gasteiger partial charge is 0.497 e. The molecule has 0 saturated heterocycles. The minimum Gasteiger partial charge on any atom is -0.497 e. The average molecular weight is 358 g/mol. The molecular formula is C21H18N4O2. The van der Waals surface area contributed by atoms with Gasteiger partial charge in [-0.05, 0) is 30.3 Å². The van der Waals surface area contributed by atoms with Gasteiger partial charge in [0.2, 0.25) is 0 Å². The summed E-state index contributed by atoms with van der Waals surface area (Å²) in [6, 6.07) is 19.0. The SMILES string of the molecule is CNC(=O)C(C#N)=Cc1cn(-c2ccccc2)nc1-c1cccc(OC)c1. The van der Waals surface area contributed by atoms with E-state index in [1.54, 1.807) is 24.1 Å². The van der Waals surface area contributed by atoms with Gasteiger partial charge in [-0.25, -0.2) is 4.68 Å². The number of ether oxygens (including phenoxy) is 1. The molecule has 1 aromatic heterocycles. The normalized spacial score (nSPS) is 10.9. The van der Waals surface area contributed by atoms with Gasteiger partial charge in [-0.2, -0.15) is 10.4 Å². The maximum Gasteiger partial charge on any atom is 0.261 e. The number of benzene rings is 2. The fraction of sp³-hybridized carbons (Fsp3) is 0.0952. The number of nitriles is 1. The van der Waals surface area contributed by atoms with Crippen LogP contribution >= 0.6 is 0 Å². The summed E-state index contributed by atoms with van der Waals surface area (Å²) in [5.74, 6) is 0.255. The zero-order valence-electron chi connectivity index (χ0n) is 15.0. The van der Waals surface area contributed by atoms with Crippen molar-refractivity contribution in [1.82, 2.24) is 15.1 Å². The highest BCUT2D eigenvalue weighted by molar-refractivity contribution is 6.02. The van der Waals surface area contributed by atoms with Gasteiger partial charge in [0.15, 0.2) is 0 Å². The molecule has 0 fully saturated rings. The number of rotatable bonds is 5. The summed E-state index contributed by atoms with van der Waals surface area (Å²) in [5.41, 5.74) is 3.01. The molecule has 3 rings (SSSR count). The monoisotopic (exact) mass is 358 g/mol. The van der Waals surface area contributed by atoms with Gasteiger partial charge >= 0.3 is 0 Å². The van der Waals surface area contributed by atoms with Crippen LogP contribution < -0.4 is 10.1 Å². The van der Waals surface area contributed by atoms with Gasteiger partial charge in [0.25, 0.3) is 5.91 Å². The molecule has 0 aliphatic heterocycles. The van der Waals surface area contributed by atoms with Gasteiger partial charge in [-0.15, -0.1) is 0 Å². The number of aromatic nitrogens is 2. The number of para-hydroxylation sites is 1. The molecule has 0 radical (unpaired) electrons. The number of nitrogens with zero attached hydrogens (tertiary/aromatic N) is 3. The molecule has 6 heteroatoms. The first-order valence-corrected chi connectivity index (χ1v) is 8.29. The van der Waals surface area contributed by atoms with Crippen molar-refractivity contribution in [2.24, 2.45) is 0 Å². The van der Waals surface area contributed by atoms with Crippen LogP contribution in [0.25, 0.3) is 23.0 Å². The smallest absolute Gasteiger partial charge is 0.261 e. The van der Waals surface area contributed by atoms with Crippen LogP contribution in [0.1, 0.15) is 5.56 Å². The number of amides is 1. The molecule has 0 aliphatic rings. The summed E-state index contributed by atoms with van der Waals surface area (Å²) in [7, 11) is 3.09. The van der Waals surface area contributed by atoms with Crippen molar-refractivity contribution in [3.63, 3.8) is 0 Å². The highest BCUT2D eigenvalue weighted by Crippen LogP contribution is 2.28. The van der Waals surface area contributed by atoms with E-state index in [1.165, 1.54) is 7.05 Å². The summed E-state index contributed by atoms with van der Waals surface area (Å²) in [4.78, 5) is 11.9. The van der Waals surface area contributed by atoms with Crippen molar-refractivity contribution in [3.8, 4) is 28.8 Å². The van der Waals surface area contributed by atoms with Crippen molar-refractivity contribution in [2.75, 3.05) is 14.2 Å². The predicted octanol–water partition coefficient (Wildman–Crippen LogP) is 3.20. The van der Waals surface area contributed by atoms with Crippen LogP contribution in [0.2, 0.25) is 0 Å². The summed E-state index contributed by atoms with van der Waals surface area (Å²) in [6.07, 6.45) is 3.34. The van der Waals surface area contributed by atoms with Gasteiger partial charge in [-0.3, -0.25) is 4.79 Å². The van der Waals surface area contributed by atoms with Crippen LogP contribution in [0.15, 0.2) is 66.4 Å². The van der Waals surface area contributed by atoms with Crippen molar-refractivity contribution in [1.29, 1.82) is 5.26 Å². The van der Waals surface area contributed by atoms with Gasteiger partial charge in [0.05, 0.1) is 12.8 Å². The number of carbonyl (C=O) groups is 1. The molecule has 134 valence electrons. The Morgan fingerprint density at radius 1 is 1.22 bits per heavy atom. The molecule has 0 unspecified atom stereocenters. The topological polar surface area (TPSA) is 79.9 Å². The van der Waals surface area contributed by atoms with Crippen molar-refractivity contribution in [2.45, 2.75) is 0 Å². The second-order valence-electron chi connectivity index (χ2n) is 5.69. The van der Waals surface area contributed by atoms with E-state index in [2.05, 4.69) is 10.4 Å². The van der Waals surface area contributed by atoms with Gasteiger partial charge < -0.3 is 10.1 Å². The van der Waals surface area contributed by atoms with Crippen LogP contribution in [0.3, 0.4) is 0 Å². The zero-order chi connectivity index (χ0) is 19.2. The number of nitrogens with one attached hydrogen (secondary N) is 1. The Balaban J connectivity index is 2.18. The summed E-state index contributed by atoms with van der Waals surface area (Å²) < 4.78 is 7.02. The predicted molar refractivity (Wildman–Crippen MR) is 103 cm³/mol. The van der Waals surface area contributed by atoms with Crippen molar-refractivity contribution in [3.05, 3.63) is 71.9 Å². The number of methoxy groups -OCH3 is 1. The van der Waals surface area contributed by atoms with E-state index < -0.39 is 5.91 Å². The van der Waals surface area contributed by atoms with E-state index in [4.69, 9.17) is 4.74 Å². The average Bonchev–Trinajstić information content (AvgIpc) is 3.16. The third kappa shape index (κ3) is 3.88. The first kappa shape index (κ1) is 18.0. The Hall–Kier alpha value is -3.85. The first-order valence-electron chi connectivity index (χ1n) is 8.29. The minimum atomic E-state index is -0.443. The number of hydrogen-bond acceptors (Lipinski definition) is 4. The van der Waals surface area contributed by atoms with Crippen LogP contribution in [0, 0.1) is 11.3 Å². The molecule has 0 atom stereocenters. The Morgan fingerprint density at radius 3 is 2.67 bits per heavy atom. The molecule has 3 aromatic rings. The molecule has 1 heterocycles. The quantitative estimate of drug-likeness (QED) is 0.561. The van der Waals surface area contributed by atoms with E-state index in [0.29, 0.717) is 17.0 Å². The Kier molecular flexibility index (Phi) is 5.33. The van der Waals surface area contributed by atoms with Crippen LogP contribution in [0.4, 0.5) is 0 Å². The first-order chi connectivity index (χ1) is 13.2. The van der Waals surface area contributed by atoms with E-state index in [9.17, 15) is 10.1 Å². The lowest BCUT2D eigenvalue weighted by Gasteiger charge is -2.04. The van der Waals surface area contributed by atoms with Crippen molar-refractivity contribution < 1.29 is 9.53 Å². The Morgan fingerprint density at radius 2 is 2.00 bits per heavy atom. The summed E-state index contributed by atoms with van der Waals surface area (Å²) >= 11 is 0. The highest BCUT2D eigenvalue weighted by atomic mass is 16.5. The summed E-state index contributed by atoms with van der Waals surface area (Å²) in [5, 5.41) is 16.5. The third-order valence-electron chi connectivity index (χ3n) is 4.00. The van der Waals surface area contributed by atoms with Gasteiger partial charge in [-0.1, -0.05) is 30.3 Å². The molecular weight excluding hydrogens is 340 g/mol. The third-order valence-corrected chi connectivity index (χ3v) is 4.00. The fourth-order valence-corrected chi connectivity index (χ4v) is 2.64. The molecule has 1 amide bonds. The van der Waals surface area contributed by atoms with E-state index in [0.717, 1.165) is 11.3 Å².